The monoisotopic (exact) mass is 430 g/mol. The summed E-state index contributed by atoms with van der Waals surface area (Å²) in [6.45, 7) is 4.41. The number of hydrogen-bond donors (Lipinski definition) is 3. The molecule has 1 aromatic heterocycles. The molecule has 3 aromatic rings. The fourth-order valence-electron chi connectivity index (χ4n) is 2.89. The number of pyridine rings is 1. The molecule has 0 aliphatic heterocycles. The van der Waals surface area contributed by atoms with Crippen LogP contribution in [0.1, 0.15) is 29.3 Å². The number of amides is 3. The van der Waals surface area contributed by atoms with Crippen LogP contribution in [0.15, 0.2) is 42.6 Å². The van der Waals surface area contributed by atoms with Gasteiger partial charge in [-0.2, -0.15) is 0 Å². The molecule has 8 heteroatoms. The van der Waals surface area contributed by atoms with Crippen LogP contribution >= 0.6 is 23.2 Å². The van der Waals surface area contributed by atoms with Gasteiger partial charge in [-0.05, 0) is 37.1 Å². The minimum atomic E-state index is -0.439. The van der Waals surface area contributed by atoms with Gasteiger partial charge in [-0.25, -0.2) is 4.79 Å². The molecule has 6 nitrogen and oxygen atoms in total. The molecular formula is C21H20Cl2N4O2. The van der Waals surface area contributed by atoms with Gasteiger partial charge in [-0.3, -0.25) is 9.78 Å². The van der Waals surface area contributed by atoms with Gasteiger partial charge in [-0.15, -0.1) is 0 Å². The fourth-order valence-corrected chi connectivity index (χ4v) is 3.45. The smallest absolute Gasteiger partial charge is 0.319 e. The Labute approximate surface area is 178 Å². The Hall–Kier alpha value is -2.83. The van der Waals surface area contributed by atoms with E-state index in [0.29, 0.717) is 28.8 Å². The van der Waals surface area contributed by atoms with Gasteiger partial charge >= 0.3 is 6.03 Å². The van der Waals surface area contributed by atoms with E-state index < -0.39 is 5.91 Å². The number of halogens is 2. The summed E-state index contributed by atoms with van der Waals surface area (Å²) < 4.78 is 0. The molecule has 3 amide bonds. The first kappa shape index (κ1) is 20.9. The Morgan fingerprint density at radius 1 is 1.03 bits per heavy atom. The maximum absolute atomic E-state index is 12.8. The third-order valence-electron chi connectivity index (χ3n) is 4.30. The molecular weight excluding hydrogens is 411 g/mol. The number of hydrogen-bond acceptors (Lipinski definition) is 3. The number of fused-ring (bicyclic) bond motifs is 1. The number of benzene rings is 2. The topological polar surface area (TPSA) is 83.1 Å². The highest BCUT2D eigenvalue weighted by atomic mass is 35.5. The van der Waals surface area contributed by atoms with Crippen LogP contribution in [0.3, 0.4) is 0 Å². The highest BCUT2D eigenvalue weighted by Crippen LogP contribution is 2.31. The highest BCUT2D eigenvalue weighted by Gasteiger charge is 2.17. The average Bonchev–Trinajstić information content (AvgIpc) is 2.68. The molecule has 0 saturated heterocycles. The number of urea groups is 1. The Morgan fingerprint density at radius 3 is 2.41 bits per heavy atom. The summed E-state index contributed by atoms with van der Waals surface area (Å²) in [6, 6.07) is 9.93. The number of anilines is 2. The van der Waals surface area contributed by atoms with Gasteiger partial charge in [-0.1, -0.05) is 48.3 Å². The minimum absolute atomic E-state index is 0.192. The first-order valence-electron chi connectivity index (χ1n) is 9.11. The van der Waals surface area contributed by atoms with E-state index in [9.17, 15) is 9.59 Å². The molecule has 0 fully saturated rings. The quantitative estimate of drug-likeness (QED) is 0.489. The molecule has 0 spiro atoms. The third kappa shape index (κ3) is 4.60. The van der Waals surface area contributed by atoms with Crippen LogP contribution in [0.2, 0.25) is 10.0 Å². The molecule has 3 rings (SSSR count). The molecule has 0 atom stereocenters. The van der Waals surface area contributed by atoms with E-state index in [-0.39, 0.29) is 21.6 Å². The first-order valence-corrected chi connectivity index (χ1v) is 9.86. The van der Waals surface area contributed by atoms with Crippen LogP contribution in [0.4, 0.5) is 16.2 Å². The molecule has 0 unspecified atom stereocenters. The van der Waals surface area contributed by atoms with Crippen molar-refractivity contribution < 1.29 is 9.59 Å². The zero-order valence-corrected chi connectivity index (χ0v) is 17.5. The van der Waals surface area contributed by atoms with Crippen molar-refractivity contribution in [1.82, 2.24) is 10.3 Å². The van der Waals surface area contributed by atoms with Crippen molar-refractivity contribution in [2.45, 2.75) is 20.3 Å². The Kier molecular flexibility index (Phi) is 6.56. The van der Waals surface area contributed by atoms with E-state index in [1.165, 1.54) is 0 Å². The van der Waals surface area contributed by atoms with Gasteiger partial charge in [0.25, 0.3) is 5.91 Å². The van der Waals surface area contributed by atoms with E-state index in [0.717, 1.165) is 12.0 Å². The molecule has 3 N–H and O–H groups in total. The largest absolute Gasteiger partial charge is 0.338 e. The van der Waals surface area contributed by atoms with Gasteiger partial charge in [0.2, 0.25) is 0 Å². The van der Waals surface area contributed by atoms with Crippen molar-refractivity contribution in [2.24, 2.45) is 0 Å². The van der Waals surface area contributed by atoms with E-state index >= 15 is 0 Å². The lowest BCUT2D eigenvalue weighted by molar-refractivity contribution is 0.102. The van der Waals surface area contributed by atoms with Crippen LogP contribution in [0, 0.1) is 6.92 Å². The van der Waals surface area contributed by atoms with Crippen molar-refractivity contribution in [3.05, 3.63) is 63.8 Å². The highest BCUT2D eigenvalue weighted by molar-refractivity contribution is 6.40. The lowest BCUT2D eigenvalue weighted by Gasteiger charge is -2.15. The molecule has 0 radical (unpaired) electrons. The van der Waals surface area contributed by atoms with Crippen molar-refractivity contribution in [1.29, 1.82) is 0 Å². The van der Waals surface area contributed by atoms with Crippen molar-refractivity contribution in [2.75, 3.05) is 17.2 Å². The van der Waals surface area contributed by atoms with Crippen molar-refractivity contribution >= 4 is 57.4 Å². The number of carbonyl (C=O) groups is 2. The number of para-hydroxylation sites is 1. The maximum atomic E-state index is 12.8. The fraction of sp³-hybridized carbons (Fsp3) is 0.190. The summed E-state index contributed by atoms with van der Waals surface area (Å²) >= 11 is 12.3. The first-order chi connectivity index (χ1) is 13.9. The predicted molar refractivity (Wildman–Crippen MR) is 118 cm³/mol. The van der Waals surface area contributed by atoms with Crippen LogP contribution in [-0.4, -0.2) is 23.5 Å². The summed E-state index contributed by atoms with van der Waals surface area (Å²) in [4.78, 5) is 29.4. The molecule has 0 aliphatic rings. The third-order valence-corrected chi connectivity index (χ3v) is 4.93. The molecule has 0 aliphatic carbocycles. The van der Waals surface area contributed by atoms with Gasteiger partial charge in [0.1, 0.15) is 0 Å². The molecule has 0 bridgehead atoms. The van der Waals surface area contributed by atoms with E-state index in [1.54, 1.807) is 36.5 Å². The lowest BCUT2D eigenvalue weighted by Crippen LogP contribution is -2.29. The molecule has 29 heavy (non-hydrogen) atoms. The minimum Gasteiger partial charge on any atom is -0.338 e. The zero-order chi connectivity index (χ0) is 21.0. The van der Waals surface area contributed by atoms with Crippen LogP contribution in [-0.2, 0) is 0 Å². The Morgan fingerprint density at radius 2 is 1.72 bits per heavy atom. The second-order valence-corrected chi connectivity index (χ2v) is 7.26. The summed E-state index contributed by atoms with van der Waals surface area (Å²) in [5, 5.41) is 9.70. The summed E-state index contributed by atoms with van der Waals surface area (Å²) in [7, 11) is 0. The Bertz CT molecular complexity index is 1070. The van der Waals surface area contributed by atoms with Gasteiger partial charge in [0.15, 0.2) is 0 Å². The predicted octanol–water partition coefficient (Wildman–Crippen LogP) is 5.63. The van der Waals surface area contributed by atoms with Gasteiger partial charge < -0.3 is 16.0 Å². The van der Waals surface area contributed by atoms with Crippen molar-refractivity contribution in [3.8, 4) is 0 Å². The average molecular weight is 431 g/mol. The lowest BCUT2D eigenvalue weighted by atomic mass is 10.1. The maximum Gasteiger partial charge on any atom is 0.319 e. The molecule has 1 heterocycles. The number of aromatic nitrogens is 1. The van der Waals surface area contributed by atoms with Crippen LogP contribution < -0.4 is 16.0 Å². The standard InChI is InChI=1S/C21H20Cl2N4O2/c1-3-10-24-21(29)27-18-12(2)11-25-19-13(18)6-4-9-16(19)26-20(28)17-14(22)7-5-8-15(17)23/h4-9,11H,3,10H2,1-2H3,(H,26,28)(H2,24,25,27,29). The van der Waals surface area contributed by atoms with Crippen LogP contribution in [0.25, 0.3) is 10.9 Å². The number of nitrogens with one attached hydrogen (secondary N) is 3. The second-order valence-electron chi connectivity index (χ2n) is 6.45. The second kappa shape index (κ2) is 9.11. The number of carbonyl (C=O) groups excluding carboxylic acids is 2. The summed E-state index contributed by atoms with van der Waals surface area (Å²) in [5.74, 6) is -0.439. The Balaban J connectivity index is 1.97. The molecule has 0 saturated carbocycles. The van der Waals surface area contributed by atoms with E-state index in [2.05, 4.69) is 20.9 Å². The van der Waals surface area contributed by atoms with Crippen LogP contribution in [0.5, 0.6) is 0 Å². The number of nitrogens with zero attached hydrogens (tertiary/aromatic N) is 1. The van der Waals surface area contributed by atoms with Crippen molar-refractivity contribution in [3.63, 3.8) is 0 Å². The van der Waals surface area contributed by atoms with Gasteiger partial charge in [0, 0.05) is 18.1 Å². The van der Waals surface area contributed by atoms with E-state index in [1.807, 2.05) is 19.9 Å². The number of aryl methyl sites for hydroxylation is 1. The normalized spacial score (nSPS) is 10.6. The molecule has 2 aromatic carbocycles. The zero-order valence-electron chi connectivity index (χ0n) is 16.0. The summed E-state index contributed by atoms with van der Waals surface area (Å²) in [6.07, 6.45) is 2.49. The number of rotatable bonds is 5. The SMILES string of the molecule is CCCNC(=O)Nc1c(C)cnc2c(NC(=O)c3c(Cl)cccc3Cl)cccc12. The van der Waals surface area contributed by atoms with E-state index in [4.69, 9.17) is 23.2 Å². The summed E-state index contributed by atoms with van der Waals surface area (Å²) in [5.41, 5.74) is 2.66. The molecule has 150 valence electrons. The van der Waals surface area contributed by atoms with Gasteiger partial charge in [0.05, 0.1) is 32.5 Å².